The molecule has 1 fully saturated rings. The number of esters is 1. The maximum atomic E-state index is 11.6. The van der Waals surface area contributed by atoms with E-state index < -0.39 is 12.1 Å². The summed E-state index contributed by atoms with van der Waals surface area (Å²) in [6.07, 6.45) is 9.87. The minimum atomic E-state index is -0.717. The number of hydrogen-bond acceptors (Lipinski definition) is 4. The Kier molecular flexibility index (Phi) is 5.38. The van der Waals surface area contributed by atoms with Crippen molar-refractivity contribution in [3.8, 4) is 0 Å². The molecule has 0 saturated heterocycles. The second kappa shape index (κ2) is 7.04. The van der Waals surface area contributed by atoms with Crippen molar-refractivity contribution in [2.24, 2.45) is 11.8 Å². The van der Waals surface area contributed by atoms with Crippen LogP contribution in [0.5, 0.6) is 0 Å². The normalized spacial score (nSPS) is 42.5. The van der Waals surface area contributed by atoms with Gasteiger partial charge < -0.3 is 14.9 Å². The molecule has 0 unspecified atom stereocenters. The first-order valence-electron chi connectivity index (χ1n) is 7.48. The summed E-state index contributed by atoms with van der Waals surface area (Å²) in [7, 11) is 0. The Labute approximate surface area is 120 Å². The predicted octanol–water partition coefficient (Wildman–Crippen LogP) is 1.96. The van der Waals surface area contributed by atoms with Gasteiger partial charge >= 0.3 is 5.97 Å². The summed E-state index contributed by atoms with van der Waals surface area (Å²) in [4.78, 5) is 11.6. The number of rotatable bonds is 0. The van der Waals surface area contributed by atoms with Gasteiger partial charge in [-0.15, -0.1) is 0 Å². The van der Waals surface area contributed by atoms with Crippen molar-refractivity contribution in [1.29, 1.82) is 0 Å². The minimum Gasteiger partial charge on any atom is -0.460 e. The fraction of sp³-hybridized carbons (Fsp3) is 0.688. The summed E-state index contributed by atoms with van der Waals surface area (Å²) in [6, 6.07) is 0. The molecule has 0 bridgehead atoms. The molecule has 0 aromatic rings. The standard InChI is InChI=1S/C16H24O4/c1-11-5-3-2-4-6-12-9-13(17)10-14(12)15(18)7-8-16(19)20-11/h4,6-8,11-15,17-18H,2-3,5,9-10H2,1H3/b6-4-,8-7-/t11-,12+,13-,14+,15-/m1/s1. The molecule has 5 atom stereocenters. The van der Waals surface area contributed by atoms with Crippen LogP contribution in [0.3, 0.4) is 0 Å². The number of allylic oxidation sites excluding steroid dienone is 2. The van der Waals surface area contributed by atoms with Crippen molar-refractivity contribution in [2.75, 3.05) is 0 Å². The number of fused-ring (bicyclic) bond motifs is 1. The summed E-state index contributed by atoms with van der Waals surface area (Å²) in [5, 5.41) is 20.0. The molecule has 0 aromatic carbocycles. The minimum absolute atomic E-state index is 0.0246. The highest BCUT2D eigenvalue weighted by molar-refractivity contribution is 5.82. The Morgan fingerprint density at radius 1 is 1.25 bits per heavy atom. The maximum absolute atomic E-state index is 11.6. The van der Waals surface area contributed by atoms with Crippen molar-refractivity contribution >= 4 is 5.97 Å². The van der Waals surface area contributed by atoms with Gasteiger partial charge in [-0.25, -0.2) is 4.79 Å². The van der Waals surface area contributed by atoms with Crippen LogP contribution in [0.25, 0.3) is 0 Å². The zero-order chi connectivity index (χ0) is 14.5. The predicted molar refractivity (Wildman–Crippen MR) is 75.9 cm³/mol. The zero-order valence-corrected chi connectivity index (χ0v) is 11.9. The summed E-state index contributed by atoms with van der Waals surface area (Å²) in [5.41, 5.74) is 0. The third kappa shape index (κ3) is 4.18. The van der Waals surface area contributed by atoms with Crippen molar-refractivity contribution < 1.29 is 19.7 Å². The molecule has 0 spiro atoms. The van der Waals surface area contributed by atoms with E-state index in [1.807, 2.05) is 6.92 Å². The lowest BCUT2D eigenvalue weighted by Crippen LogP contribution is -2.21. The fourth-order valence-electron chi connectivity index (χ4n) is 3.10. The van der Waals surface area contributed by atoms with E-state index in [1.165, 1.54) is 12.2 Å². The zero-order valence-electron chi connectivity index (χ0n) is 11.9. The summed E-state index contributed by atoms with van der Waals surface area (Å²) < 4.78 is 5.23. The van der Waals surface area contributed by atoms with Crippen molar-refractivity contribution in [3.05, 3.63) is 24.3 Å². The van der Waals surface area contributed by atoms with E-state index in [2.05, 4.69) is 12.2 Å². The van der Waals surface area contributed by atoms with Gasteiger partial charge in [-0.3, -0.25) is 0 Å². The number of carbonyl (C=O) groups is 1. The lowest BCUT2D eigenvalue weighted by molar-refractivity contribution is -0.142. The Bertz CT molecular complexity index is 388. The number of hydrogen-bond donors (Lipinski definition) is 2. The van der Waals surface area contributed by atoms with Crippen LogP contribution in [0, 0.1) is 11.8 Å². The first-order chi connectivity index (χ1) is 9.56. The van der Waals surface area contributed by atoms with Crippen LogP contribution in [-0.2, 0) is 9.53 Å². The van der Waals surface area contributed by atoms with Crippen molar-refractivity contribution in [2.45, 2.75) is 57.3 Å². The number of aliphatic hydroxyl groups is 2. The monoisotopic (exact) mass is 280 g/mol. The van der Waals surface area contributed by atoms with Crippen LogP contribution >= 0.6 is 0 Å². The van der Waals surface area contributed by atoms with Gasteiger partial charge in [0.2, 0.25) is 0 Å². The van der Waals surface area contributed by atoms with E-state index in [1.54, 1.807) is 0 Å². The average Bonchev–Trinajstić information content (AvgIpc) is 2.76. The van der Waals surface area contributed by atoms with Gasteiger partial charge in [0, 0.05) is 6.08 Å². The van der Waals surface area contributed by atoms with Gasteiger partial charge in [0.15, 0.2) is 0 Å². The molecule has 1 saturated carbocycles. The molecule has 1 aliphatic heterocycles. The third-order valence-corrected chi connectivity index (χ3v) is 4.19. The van der Waals surface area contributed by atoms with Gasteiger partial charge in [0.05, 0.1) is 18.3 Å². The average molecular weight is 280 g/mol. The number of carbonyl (C=O) groups excluding carboxylic acids is 1. The number of cyclic esters (lactones) is 1. The van der Waals surface area contributed by atoms with E-state index in [-0.39, 0.29) is 24.0 Å². The van der Waals surface area contributed by atoms with Crippen LogP contribution in [0.1, 0.15) is 39.0 Å². The van der Waals surface area contributed by atoms with Gasteiger partial charge in [-0.2, -0.15) is 0 Å². The molecule has 4 nitrogen and oxygen atoms in total. The lowest BCUT2D eigenvalue weighted by atomic mass is 9.90. The van der Waals surface area contributed by atoms with Crippen LogP contribution in [0.4, 0.5) is 0 Å². The summed E-state index contributed by atoms with van der Waals surface area (Å²) >= 11 is 0. The van der Waals surface area contributed by atoms with Gasteiger partial charge in [-0.05, 0) is 56.9 Å². The molecule has 0 aromatic heterocycles. The van der Waals surface area contributed by atoms with Crippen LogP contribution in [0.15, 0.2) is 24.3 Å². The third-order valence-electron chi connectivity index (χ3n) is 4.19. The molecule has 112 valence electrons. The molecule has 0 amide bonds. The van der Waals surface area contributed by atoms with E-state index in [0.29, 0.717) is 12.8 Å². The summed E-state index contributed by atoms with van der Waals surface area (Å²) in [6.45, 7) is 1.89. The van der Waals surface area contributed by atoms with Gasteiger partial charge in [0.1, 0.15) is 0 Å². The molecule has 4 heteroatoms. The van der Waals surface area contributed by atoms with Crippen LogP contribution in [-0.4, -0.2) is 34.5 Å². The fourth-order valence-corrected chi connectivity index (χ4v) is 3.10. The molecule has 2 rings (SSSR count). The Hall–Kier alpha value is -1.13. The van der Waals surface area contributed by atoms with E-state index in [4.69, 9.17) is 4.74 Å². The second-order valence-electron chi connectivity index (χ2n) is 5.91. The number of ether oxygens (including phenoxy) is 1. The SMILES string of the molecule is C[C@@H]1CCC/C=C\[C@H]2C[C@@H](O)C[C@@H]2[C@H](O)/C=C\C(=O)O1. The second-order valence-corrected chi connectivity index (χ2v) is 5.91. The Morgan fingerprint density at radius 2 is 2.05 bits per heavy atom. The highest BCUT2D eigenvalue weighted by Crippen LogP contribution is 2.36. The topological polar surface area (TPSA) is 66.8 Å². The highest BCUT2D eigenvalue weighted by atomic mass is 16.5. The molecule has 1 heterocycles. The lowest BCUT2D eigenvalue weighted by Gasteiger charge is -2.19. The Morgan fingerprint density at radius 3 is 2.85 bits per heavy atom. The molecule has 2 aliphatic rings. The van der Waals surface area contributed by atoms with Crippen molar-refractivity contribution in [3.63, 3.8) is 0 Å². The summed E-state index contributed by atoms with van der Waals surface area (Å²) in [5.74, 6) is -0.249. The van der Waals surface area contributed by atoms with Crippen LogP contribution < -0.4 is 0 Å². The van der Waals surface area contributed by atoms with Gasteiger partial charge in [0.25, 0.3) is 0 Å². The molecule has 0 radical (unpaired) electrons. The first kappa shape index (κ1) is 15.3. The van der Waals surface area contributed by atoms with E-state index in [9.17, 15) is 15.0 Å². The highest BCUT2D eigenvalue weighted by Gasteiger charge is 2.35. The molecular formula is C16H24O4. The van der Waals surface area contributed by atoms with Crippen LogP contribution in [0.2, 0.25) is 0 Å². The maximum Gasteiger partial charge on any atom is 0.330 e. The smallest absolute Gasteiger partial charge is 0.330 e. The molecule has 1 aliphatic carbocycles. The van der Waals surface area contributed by atoms with E-state index in [0.717, 1.165) is 19.3 Å². The molecule has 2 N–H and O–H groups in total. The molecule has 20 heavy (non-hydrogen) atoms. The number of aliphatic hydroxyl groups excluding tert-OH is 2. The largest absolute Gasteiger partial charge is 0.460 e. The van der Waals surface area contributed by atoms with Crippen molar-refractivity contribution in [1.82, 2.24) is 0 Å². The van der Waals surface area contributed by atoms with Gasteiger partial charge in [-0.1, -0.05) is 12.2 Å². The Balaban J connectivity index is 2.11. The van der Waals surface area contributed by atoms with E-state index >= 15 is 0 Å². The quantitative estimate of drug-likeness (QED) is 0.526. The molecular weight excluding hydrogens is 256 g/mol. The first-order valence-corrected chi connectivity index (χ1v) is 7.48.